The largest absolute Gasteiger partial charge is 0.294 e. The van der Waals surface area contributed by atoms with Gasteiger partial charge in [0.15, 0.2) is 5.78 Å². The highest BCUT2D eigenvalue weighted by Gasteiger charge is 2.45. The maximum absolute atomic E-state index is 12.7. The molecule has 4 heteroatoms. The van der Waals surface area contributed by atoms with Gasteiger partial charge in [-0.15, -0.1) is 0 Å². The van der Waals surface area contributed by atoms with Gasteiger partial charge in [0.05, 0.1) is 10.0 Å². The summed E-state index contributed by atoms with van der Waals surface area (Å²) in [6.45, 7) is 0. The molecule has 1 aromatic carbocycles. The van der Waals surface area contributed by atoms with Crippen LogP contribution in [0.25, 0.3) is 0 Å². The molecule has 0 bridgehead atoms. The van der Waals surface area contributed by atoms with Gasteiger partial charge in [0.25, 0.3) is 0 Å². The van der Waals surface area contributed by atoms with Gasteiger partial charge in [-0.1, -0.05) is 35.7 Å². The Labute approximate surface area is 147 Å². The van der Waals surface area contributed by atoms with Crippen molar-refractivity contribution in [1.29, 1.82) is 0 Å². The van der Waals surface area contributed by atoms with Crippen LogP contribution in [-0.4, -0.2) is 16.8 Å². The monoisotopic (exact) mass is 356 g/mol. The lowest BCUT2D eigenvalue weighted by molar-refractivity contribution is 0.0841. The van der Waals surface area contributed by atoms with Crippen LogP contribution in [0, 0.1) is 11.8 Å². The van der Waals surface area contributed by atoms with Crippen molar-refractivity contribution in [3.8, 4) is 0 Å². The summed E-state index contributed by atoms with van der Waals surface area (Å²) in [4.78, 5) is 12.7. The Morgan fingerprint density at radius 1 is 1.18 bits per heavy atom. The maximum atomic E-state index is 12.7. The molecule has 0 spiro atoms. The zero-order chi connectivity index (χ0) is 15.7. The fraction of sp³-hybridized carbons (Fsp3) is 0.611. The van der Waals surface area contributed by atoms with Gasteiger partial charge in [-0.25, -0.2) is 0 Å². The Kier molecular flexibility index (Phi) is 5.11. The van der Waals surface area contributed by atoms with E-state index in [1.165, 1.54) is 32.1 Å². The smallest absolute Gasteiger partial charge is 0.167 e. The first-order valence-corrected chi connectivity index (χ1v) is 10.1. The lowest BCUT2D eigenvalue weighted by Crippen LogP contribution is -2.43. The molecule has 2 fully saturated rings. The highest BCUT2D eigenvalue weighted by molar-refractivity contribution is 8.00. The average Bonchev–Trinajstić information content (AvgIpc) is 2.50. The molecule has 0 amide bonds. The van der Waals surface area contributed by atoms with Crippen molar-refractivity contribution in [3.05, 3.63) is 33.8 Å². The average molecular weight is 357 g/mol. The van der Waals surface area contributed by atoms with E-state index in [1.807, 2.05) is 6.07 Å². The summed E-state index contributed by atoms with van der Waals surface area (Å²) in [5.74, 6) is 1.08. The van der Waals surface area contributed by atoms with Crippen LogP contribution in [0.5, 0.6) is 0 Å². The number of rotatable bonds is 4. The summed E-state index contributed by atoms with van der Waals surface area (Å²) >= 11 is 14.3. The molecule has 2 aliphatic carbocycles. The summed E-state index contributed by atoms with van der Waals surface area (Å²) in [6.07, 6.45) is 10.7. The summed E-state index contributed by atoms with van der Waals surface area (Å²) in [5, 5.41) is 0.882. The molecule has 0 aromatic heterocycles. The van der Waals surface area contributed by atoms with Gasteiger partial charge < -0.3 is 0 Å². The van der Waals surface area contributed by atoms with Crippen molar-refractivity contribution in [2.45, 2.75) is 49.7 Å². The van der Waals surface area contributed by atoms with Crippen LogP contribution in [0.1, 0.15) is 55.3 Å². The van der Waals surface area contributed by atoms with Crippen LogP contribution in [0.3, 0.4) is 0 Å². The van der Waals surface area contributed by atoms with Gasteiger partial charge in [0, 0.05) is 16.2 Å². The first-order valence-electron chi connectivity index (χ1n) is 8.11. The molecule has 0 aliphatic heterocycles. The van der Waals surface area contributed by atoms with Crippen LogP contribution >= 0.6 is 35.0 Å². The van der Waals surface area contributed by atoms with E-state index in [-0.39, 0.29) is 11.7 Å². The molecule has 0 saturated heterocycles. The number of benzene rings is 1. The molecule has 120 valence electrons. The second-order valence-electron chi connectivity index (χ2n) is 6.64. The first kappa shape index (κ1) is 16.7. The summed E-state index contributed by atoms with van der Waals surface area (Å²) in [5.41, 5.74) is 0.598. The van der Waals surface area contributed by atoms with Crippen LogP contribution in [0.4, 0.5) is 0 Å². The van der Waals surface area contributed by atoms with E-state index in [0.717, 1.165) is 18.8 Å². The minimum Gasteiger partial charge on any atom is -0.294 e. The van der Waals surface area contributed by atoms with Crippen LogP contribution in [0.2, 0.25) is 10.0 Å². The third kappa shape index (κ3) is 2.95. The molecule has 0 N–H and O–H groups in total. The van der Waals surface area contributed by atoms with Crippen molar-refractivity contribution in [2.75, 3.05) is 6.26 Å². The Balaban J connectivity index is 1.66. The van der Waals surface area contributed by atoms with E-state index in [0.29, 0.717) is 20.4 Å². The third-order valence-corrected chi connectivity index (χ3v) is 8.04. The van der Waals surface area contributed by atoms with Crippen LogP contribution in [0.15, 0.2) is 18.2 Å². The highest BCUT2D eigenvalue weighted by atomic mass is 35.5. The SMILES string of the molecule is CSC1(C2CCC(C(=O)c3cccc(Cl)c3Cl)CC2)CCC1. The van der Waals surface area contributed by atoms with Gasteiger partial charge in [-0.2, -0.15) is 11.8 Å². The molecule has 0 atom stereocenters. The molecule has 2 aliphatic rings. The molecule has 1 aromatic rings. The van der Waals surface area contributed by atoms with Gasteiger partial charge in [-0.05, 0) is 62.8 Å². The number of thioether (sulfide) groups is 1. The molecular weight excluding hydrogens is 335 g/mol. The van der Waals surface area contributed by atoms with E-state index >= 15 is 0 Å². The van der Waals surface area contributed by atoms with Gasteiger partial charge in [0.2, 0.25) is 0 Å². The maximum Gasteiger partial charge on any atom is 0.167 e. The van der Waals surface area contributed by atoms with Crippen molar-refractivity contribution >= 4 is 40.7 Å². The number of carbonyl (C=O) groups excluding carboxylic acids is 1. The predicted octanol–water partition coefficient (Wildman–Crippen LogP) is 6.27. The van der Waals surface area contributed by atoms with E-state index < -0.39 is 0 Å². The van der Waals surface area contributed by atoms with E-state index in [1.54, 1.807) is 12.1 Å². The standard InChI is InChI=1S/C18H22Cl2OS/c1-22-18(10-3-11-18)13-8-6-12(7-9-13)17(21)14-4-2-5-15(19)16(14)20/h2,4-5,12-13H,3,6-11H2,1H3. The fourth-order valence-electron chi connectivity index (χ4n) is 4.10. The molecule has 0 unspecified atom stereocenters. The fourth-order valence-corrected chi connectivity index (χ4v) is 5.76. The Morgan fingerprint density at radius 3 is 2.41 bits per heavy atom. The summed E-state index contributed by atoms with van der Waals surface area (Å²) in [7, 11) is 0. The normalized spacial score (nSPS) is 27.2. The van der Waals surface area contributed by atoms with E-state index in [2.05, 4.69) is 18.0 Å². The zero-order valence-corrected chi connectivity index (χ0v) is 15.2. The topological polar surface area (TPSA) is 17.1 Å². The molecule has 2 saturated carbocycles. The molecule has 0 radical (unpaired) electrons. The van der Waals surface area contributed by atoms with Crippen molar-refractivity contribution in [2.24, 2.45) is 11.8 Å². The molecule has 1 nitrogen and oxygen atoms in total. The third-order valence-electron chi connectivity index (χ3n) is 5.67. The van der Waals surface area contributed by atoms with Crippen molar-refractivity contribution in [1.82, 2.24) is 0 Å². The summed E-state index contributed by atoms with van der Waals surface area (Å²) in [6, 6.07) is 5.35. The van der Waals surface area contributed by atoms with E-state index in [4.69, 9.17) is 23.2 Å². The number of Topliss-reactive ketones (excluding diaryl/α,β-unsaturated/α-hetero) is 1. The second-order valence-corrected chi connectivity index (χ2v) is 8.64. The quantitative estimate of drug-likeness (QED) is 0.591. The van der Waals surface area contributed by atoms with Crippen molar-refractivity contribution in [3.63, 3.8) is 0 Å². The zero-order valence-electron chi connectivity index (χ0n) is 12.9. The van der Waals surface area contributed by atoms with Crippen LogP contribution < -0.4 is 0 Å². The van der Waals surface area contributed by atoms with Gasteiger partial charge in [-0.3, -0.25) is 4.79 Å². The Hall–Kier alpha value is -0.180. The summed E-state index contributed by atoms with van der Waals surface area (Å²) < 4.78 is 0.516. The molecule has 22 heavy (non-hydrogen) atoms. The van der Waals surface area contributed by atoms with Gasteiger partial charge in [0.1, 0.15) is 0 Å². The van der Waals surface area contributed by atoms with Crippen LogP contribution in [-0.2, 0) is 0 Å². The van der Waals surface area contributed by atoms with Crippen molar-refractivity contribution < 1.29 is 4.79 Å². The number of halogens is 2. The van der Waals surface area contributed by atoms with E-state index in [9.17, 15) is 4.79 Å². The Morgan fingerprint density at radius 2 is 1.86 bits per heavy atom. The number of ketones is 1. The minimum absolute atomic E-state index is 0.117. The number of hydrogen-bond donors (Lipinski definition) is 0. The predicted molar refractivity (Wildman–Crippen MR) is 96.3 cm³/mol. The lowest BCUT2D eigenvalue weighted by Gasteiger charge is -2.49. The highest BCUT2D eigenvalue weighted by Crippen LogP contribution is 2.53. The Bertz CT molecular complexity index is 555. The number of carbonyl (C=O) groups is 1. The lowest BCUT2D eigenvalue weighted by atomic mass is 9.66. The minimum atomic E-state index is 0.117. The molecule has 0 heterocycles. The molecular formula is C18H22Cl2OS. The van der Waals surface area contributed by atoms with Gasteiger partial charge >= 0.3 is 0 Å². The molecule has 3 rings (SSSR count). The second kappa shape index (κ2) is 6.75. The first-order chi connectivity index (χ1) is 10.6. The number of hydrogen-bond acceptors (Lipinski definition) is 2.